The molecule has 1 heterocycles. The molecule has 1 aliphatic rings. The number of benzene rings is 2. The van der Waals surface area contributed by atoms with Gasteiger partial charge in [-0.1, -0.05) is 44.5 Å². The highest BCUT2D eigenvalue weighted by Crippen LogP contribution is 2.30. The number of likely N-dealkylation sites (N-methyl/N-ethyl adjacent to an activating group) is 1. The van der Waals surface area contributed by atoms with Crippen molar-refractivity contribution < 1.29 is 46.0 Å². The van der Waals surface area contributed by atoms with Crippen LogP contribution in [0, 0.1) is 3.56 Å². The van der Waals surface area contributed by atoms with Gasteiger partial charge in [0.15, 0.2) is 0 Å². The zero-order valence-electron chi connectivity index (χ0n) is 34.1. The fourth-order valence-corrected chi connectivity index (χ4v) is 7.54. The number of alkyl halides is 1. The van der Waals surface area contributed by atoms with E-state index in [1.807, 2.05) is 55.1 Å². The monoisotopic (exact) mass is 931 g/mol. The molecule has 0 fully saturated rings. The number of halogens is 2. The lowest BCUT2D eigenvalue weighted by Crippen LogP contribution is -3.00. The topological polar surface area (TPSA) is 134 Å². The molecular weight excluding hydrogens is 863 g/mol. The van der Waals surface area contributed by atoms with Crippen LogP contribution in [0.15, 0.2) is 36.4 Å². The number of unbranched alkanes of at least 4 members (excludes halogenated alkanes) is 3. The molecule has 4 N–H and O–H groups in total. The second-order valence-corrected chi connectivity index (χ2v) is 16.1. The summed E-state index contributed by atoms with van der Waals surface area (Å²) in [5, 5.41) is 6.80. The molecule has 0 aliphatic carbocycles. The van der Waals surface area contributed by atoms with E-state index >= 15 is 0 Å². The number of rotatable bonds is 24. The summed E-state index contributed by atoms with van der Waals surface area (Å²) in [6, 6.07) is 11.3. The fourth-order valence-electron chi connectivity index (χ4n) is 6.60. The Hall–Kier alpha value is -2.53. The van der Waals surface area contributed by atoms with Crippen LogP contribution in [0.25, 0.3) is 10.8 Å². The summed E-state index contributed by atoms with van der Waals surface area (Å²) in [6.45, 7) is 16.7. The summed E-state index contributed by atoms with van der Waals surface area (Å²) >= 11 is -0.205. The molecule has 12 nitrogen and oxygen atoms in total. The molecule has 54 heavy (non-hydrogen) atoms. The van der Waals surface area contributed by atoms with Crippen molar-refractivity contribution in [2.45, 2.75) is 72.6 Å². The van der Waals surface area contributed by atoms with Gasteiger partial charge in [0.05, 0.1) is 33.7 Å². The minimum absolute atomic E-state index is 0. The Bertz CT molecular complexity index is 1410. The molecule has 5 amide bonds. The largest absolute Gasteiger partial charge is 1.00 e. The molecule has 14 heteroatoms. The van der Waals surface area contributed by atoms with Crippen molar-refractivity contribution in [1.29, 1.82) is 3.56 Å². The van der Waals surface area contributed by atoms with Crippen molar-refractivity contribution >= 4 is 55.6 Å². The third-order valence-corrected chi connectivity index (χ3v) is 10.8. The van der Waals surface area contributed by atoms with E-state index in [0.717, 1.165) is 97.6 Å². The molecule has 0 aromatic heterocycles. The molecule has 0 radical (unpaired) electrons. The molecule has 0 atom stereocenters. The van der Waals surface area contributed by atoms with Crippen LogP contribution in [-0.4, -0.2) is 146 Å². The molecule has 306 valence electrons. The predicted molar refractivity (Wildman–Crippen MR) is 224 cm³/mol. The van der Waals surface area contributed by atoms with Crippen LogP contribution in [0.2, 0.25) is 0 Å². The van der Waals surface area contributed by atoms with Crippen molar-refractivity contribution in [1.82, 2.24) is 24.9 Å². The summed E-state index contributed by atoms with van der Waals surface area (Å²) < 4.78 is 8.71. The van der Waals surface area contributed by atoms with Crippen LogP contribution >= 0.6 is 21.0 Å². The lowest BCUT2D eigenvalue weighted by molar-refractivity contribution is -0.890. The maximum atomic E-state index is 13.2. The Morgan fingerprint density at radius 3 is 2.00 bits per heavy atom. The summed E-state index contributed by atoms with van der Waals surface area (Å²) in [4.78, 5) is 58.5. The van der Waals surface area contributed by atoms with Gasteiger partial charge in [-0.05, 0) is 70.1 Å². The Morgan fingerprint density at radius 1 is 0.833 bits per heavy atom. The molecule has 0 bridgehead atoms. The lowest BCUT2D eigenvalue weighted by atomic mass is 9.94. The predicted octanol–water partition coefficient (Wildman–Crippen LogP) is 2.34. The van der Waals surface area contributed by atoms with E-state index in [0.29, 0.717) is 50.3 Å². The van der Waals surface area contributed by atoms with Crippen molar-refractivity contribution in [2.24, 2.45) is 0 Å². The summed E-state index contributed by atoms with van der Waals surface area (Å²) in [5.74, 6) is -0.282. The van der Waals surface area contributed by atoms with Gasteiger partial charge in [0.1, 0.15) is 4.55 Å². The number of amides is 5. The van der Waals surface area contributed by atoms with Crippen LogP contribution in [0.4, 0.5) is 4.79 Å². The SMILES string of the molecule is CCCN(CCCCCC[N+](C)(C)CCCN1C(=O)c2cccc3cccc(c23)C1=O)CCN(CCN(C)C(=O)CC)C(=O)NCC.CC[NH2+]CI=N.[Br-]. The van der Waals surface area contributed by atoms with Crippen LogP contribution in [0.3, 0.4) is 0 Å². The van der Waals surface area contributed by atoms with E-state index in [1.54, 1.807) is 11.9 Å². The molecule has 0 spiro atoms. The van der Waals surface area contributed by atoms with Crippen LogP contribution in [0.1, 0.15) is 93.4 Å². The van der Waals surface area contributed by atoms with E-state index in [-0.39, 0.29) is 61.8 Å². The van der Waals surface area contributed by atoms with Gasteiger partial charge < -0.3 is 46.8 Å². The number of imide groups is 1. The minimum Gasteiger partial charge on any atom is -1.00 e. The van der Waals surface area contributed by atoms with Gasteiger partial charge in [-0.25, -0.2) is 4.79 Å². The first kappa shape index (κ1) is 49.5. The number of nitrogens with zero attached hydrogens (tertiary/aromatic N) is 5. The zero-order chi connectivity index (χ0) is 39.2. The summed E-state index contributed by atoms with van der Waals surface area (Å²) in [7, 11) is 6.26. The second kappa shape index (κ2) is 27.1. The number of hydrogen-bond donors (Lipinski definition) is 3. The highest BCUT2D eigenvalue weighted by Gasteiger charge is 2.32. The van der Waals surface area contributed by atoms with Crippen molar-refractivity contribution in [3.8, 4) is 0 Å². The standard InChI is InChI=1S/C37H58N6O4.C3H9IN2.BrH/c1-7-21-40(25-27-41(37(47)38-9-3)26-24-39(4)33(44)8-2)22-12-10-11-13-28-43(5,6)29-16-23-42-35(45)31-19-14-17-30-18-15-20-32(34(30)31)36(42)46;1-2-6-3-4-5;/h14-15,17-20H,7-13,16,21-29H2,1-6H3;5-6H,2-3H2,1H3;1H/p+1. The summed E-state index contributed by atoms with van der Waals surface area (Å²) in [5.41, 5.74) is 1.24. The molecule has 3 rings (SSSR count). The maximum absolute atomic E-state index is 13.2. The highest BCUT2D eigenvalue weighted by atomic mass is 127. The summed E-state index contributed by atoms with van der Waals surface area (Å²) in [6.07, 6.45) is 6.88. The Morgan fingerprint density at radius 2 is 1.44 bits per heavy atom. The first-order valence-corrected chi connectivity index (χ1v) is 22.3. The van der Waals surface area contributed by atoms with Gasteiger partial charge in [-0.3, -0.25) is 22.8 Å². The average molecular weight is 933 g/mol. The van der Waals surface area contributed by atoms with Gasteiger partial charge in [0.25, 0.3) is 11.8 Å². The van der Waals surface area contributed by atoms with Crippen molar-refractivity contribution in [3.05, 3.63) is 47.5 Å². The lowest BCUT2D eigenvalue weighted by Gasteiger charge is -2.32. The minimum atomic E-state index is -0.205. The molecule has 1 aliphatic heterocycles. The number of nitrogens with two attached hydrogens (primary N) is 1. The smallest absolute Gasteiger partial charge is 0.317 e. The second-order valence-electron chi connectivity index (χ2n) is 14.4. The number of hydrogen-bond acceptors (Lipinski definition) is 6. The third-order valence-electron chi connectivity index (χ3n) is 9.74. The fraction of sp³-hybridized carbons (Fsp3) is 0.650. The van der Waals surface area contributed by atoms with Gasteiger partial charge in [-0.2, -0.15) is 0 Å². The zero-order valence-corrected chi connectivity index (χ0v) is 37.8. The van der Waals surface area contributed by atoms with Crippen molar-refractivity contribution in [3.63, 3.8) is 0 Å². The van der Waals surface area contributed by atoms with Crippen LogP contribution < -0.4 is 27.6 Å². The number of carbonyl (C=O) groups excluding carboxylic acids is 4. The van der Waals surface area contributed by atoms with E-state index in [9.17, 15) is 19.2 Å². The van der Waals surface area contributed by atoms with Gasteiger partial charge >= 0.3 is 6.03 Å². The molecule has 0 saturated heterocycles. The normalized spacial score (nSPS) is 12.3. The average Bonchev–Trinajstić information content (AvgIpc) is 3.15. The molecule has 0 unspecified atom stereocenters. The Kier molecular flexibility index (Phi) is 24.9. The van der Waals surface area contributed by atoms with Gasteiger partial charge in [0, 0.05) is 96.7 Å². The Balaban J connectivity index is 0.00000192. The first-order chi connectivity index (χ1) is 25.4. The maximum Gasteiger partial charge on any atom is 0.317 e. The first-order valence-electron chi connectivity index (χ1n) is 19.7. The number of urea groups is 1. The number of carbonyl (C=O) groups is 4. The van der Waals surface area contributed by atoms with E-state index in [4.69, 9.17) is 3.56 Å². The quantitative estimate of drug-likeness (QED) is 0.0372. The number of nitrogens with one attached hydrogen (secondary N) is 2. The Labute approximate surface area is 346 Å². The van der Waals surface area contributed by atoms with Crippen LogP contribution in [-0.2, 0) is 4.79 Å². The molecule has 0 saturated carbocycles. The van der Waals surface area contributed by atoms with Gasteiger partial charge in [-0.15, -0.1) is 0 Å². The van der Waals surface area contributed by atoms with Gasteiger partial charge in [0.2, 0.25) is 5.91 Å². The van der Waals surface area contributed by atoms with Crippen LogP contribution in [0.5, 0.6) is 0 Å². The van der Waals surface area contributed by atoms with Crippen molar-refractivity contribution in [2.75, 3.05) is 97.7 Å². The van der Waals surface area contributed by atoms with E-state index in [1.165, 1.54) is 4.90 Å². The molecule has 2 aromatic carbocycles. The van der Waals surface area contributed by atoms with E-state index < -0.39 is 0 Å². The van der Waals surface area contributed by atoms with E-state index in [2.05, 4.69) is 43.5 Å². The molecular formula is C40H69BrIN8O4+. The highest BCUT2D eigenvalue weighted by molar-refractivity contribution is 14.1. The number of quaternary nitrogens is 2. The molecule has 2 aromatic rings. The third kappa shape index (κ3) is 16.7.